The number of hydrogen-bond donors (Lipinski definition) is 0. The number of ether oxygens (including phenoxy) is 1. The maximum atomic E-state index is 12.8. The number of halogens is 2. The first-order chi connectivity index (χ1) is 16.3. The van der Waals surface area contributed by atoms with Gasteiger partial charge in [0.05, 0.1) is 19.9 Å². The lowest BCUT2D eigenvalue weighted by Crippen LogP contribution is -2.34. The van der Waals surface area contributed by atoms with Gasteiger partial charge in [-0.2, -0.15) is 0 Å². The van der Waals surface area contributed by atoms with Crippen LogP contribution in [0.2, 0.25) is 10.0 Å². The standard InChI is InChI=1S/C24H22Cl2N2O5S/c25-19-10-17(11-20(26)22(19)33-14-16-7-4-8-18(9-16)28(31)32)12-21-23(29)27(24(30)34-21)13-15-5-2-1-3-6-15/h4,7-12,15H,1-3,5-6,13-14H2/b21-12+. The molecule has 2 aromatic rings. The van der Waals surface area contributed by atoms with Crippen LogP contribution in [0.25, 0.3) is 6.08 Å². The van der Waals surface area contributed by atoms with Crippen LogP contribution in [0, 0.1) is 16.0 Å². The van der Waals surface area contributed by atoms with Crippen LogP contribution in [-0.2, 0) is 11.4 Å². The summed E-state index contributed by atoms with van der Waals surface area (Å²) in [5.41, 5.74) is 1.13. The van der Waals surface area contributed by atoms with Gasteiger partial charge in [0, 0.05) is 18.7 Å². The molecule has 0 bridgehead atoms. The second-order valence-electron chi connectivity index (χ2n) is 8.33. The van der Waals surface area contributed by atoms with Gasteiger partial charge in [-0.3, -0.25) is 24.6 Å². The van der Waals surface area contributed by atoms with Gasteiger partial charge in [0.25, 0.3) is 16.8 Å². The quantitative estimate of drug-likeness (QED) is 0.219. The van der Waals surface area contributed by atoms with Gasteiger partial charge in [-0.25, -0.2) is 0 Å². The molecule has 2 aromatic carbocycles. The molecular formula is C24H22Cl2N2O5S. The van der Waals surface area contributed by atoms with Gasteiger partial charge in [0.15, 0.2) is 5.75 Å². The topological polar surface area (TPSA) is 89.7 Å². The molecule has 34 heavy (non-hydrogen) atoms. The van der Waals surface area contributed by atoms with Gasteiger partial charge in [0.1, 0.15) is 6.61 Å². The van der Waals surface area contributed by atoms with Crippen LogP contribution in [0.1, 0.15) is 43.2 Å². The number of rotatable bonds is 7. The minimum Gasteiger partial charge on any atom is -0.486 e. The van der Waals surface area contributed by atoms with Crippen LogP contribution in [0.3, 0.4) is 0 Å². The highest BCUT2D eigenvalue weighted by Crippen LogP contribution is 2.38. The van der Waals surface area contributed by atoms with Crippen molar-refractivity contribution in [3.63, 3.8) is 0 Å². The van der Waals surface area contributed by atoms with Gasteiger partial charge >= 0.3 is 0 Å². The lowest BCUT2D eigenvalue weighted by Gasteiger charge is -2.25. The molecule has 10 heteroatoms. The summed E-state index contributed by atoms with van der Waals surface area (Å²) in [6.45, 7) is 0.508. The van der Waals surface area contributed by atoms with Crippen LogP contribution in [0.15, 0.2) is 41.3 Å². The molecule has 0 atom stereocenters. The molecule has 2 fully saturated rings. The smallest absolute Gasteiger partial charge is 0.293 e. The van der Waals surface area contributed by atoms with Crippen molar-refractivity contribution in [2.24, 2.45) is 5.92 Å². The van der Waals surface area contributed by atoms with Gasteiger partial charge in [-0.15, -0.1) is 0 Å². The van der Waals surface area contributed by atoms with Crippen molar-refractivity contribution < 1.29 is 19.2 Å². The maximum Gasteiger partial charge on any atom is 0.293 e. The molecule has 0 N–H and O–H groups in total. The Morgan fingerprint density at radius 1 is 1.12 bits per heavy atom. The van der Waals surface area contributed by atoms with Crippen molar-refractivity contribution in [3.8, 4) is 5.75 Å². The number of imide groups is 1. The molecule has 1 heterocycles. The molecule has 0 unspecified atom stereocenters. The van der Waals surface area contributed by atoms with Crippen LogP contribution >= 0.6 is 35.0 Å². The van der Waals surface area contributed by atoms with E-state index in [0.717, 1.165) is 37.4 Å². The van der Waals surface area contributed by atoms with Crippen LogP contribution in [0.5, 0.6) is 5.75 Å². The fourth-order valence-electron chi connectivity index (χ4n) is 4.15. The molecule has 2 amide bonds. The van der Waals surface area contributed by atoms with Crippen LogP contribution in [-0.4, -0.2) is 27.5 Å². The molecule has 2 aliphatic rings. The highest BCUT2D eigenvalue weighted by Gasteiger charge is 2.36. The van der Waals surface area contributed by atoms with E-state index in [1.165, 1.54) is 23.5 Å². The van der Waals surface area contributed by atoms with Crippen molar-refractivity contribution >= 4 is 57.9 Å². The van der Waals surface area contributed by atoms with Gasteiger partial charge < -0.3 is 4.74 Å². The minimum atomic E-state index is -0.477. The zero-order valence-electron chi connectivity index (χ0n) is 18.2. The highest BCUT2D eigenvalue weighted by atomic mass is 35.5. The molecule has 1 aliphatic heterocycles. The summed E-state index contributed by atoms with van der Waals surface area (Å²) in [5.74, 6) is 0.309. The molecule has 7 nitrogen and oxygen atoms in total. The fourth-order valence-corrected chi connectivity index (χ4v) is 5.61. The average Bonchev–Trinajstić information content (AvgIpc) is 3.06. The molecule has 0 radical (unpaired) electrons. The Kier molecular flexibility index (Phi) is 7.80. The number of non-ortho nitro benzene ring substituents is 1. The molecule has 1 aliphatic carbocycles. The predicted octanol–water partition coefficient (Wildman–Crippen LogP) is 7.10. The molecular weight excluding hydrogens is 499 g/mol. The Labute approximate surface area is 211 Å². The van der Waals surface area contributed by atoms with Crippen molar-refractivity contribution in [1.29, 1.82) is 0 Å². The Morgan fingerprint density at radius 2 is 1.82 bits per heavy atom. The third-order valence-electron chi connectivity index (χ3n) is 5.86. The van der Waals surface area contributed by atoms with Crippen molar-refractivity contribution in [2.75, 3.05) is 6.54 Å². The minimum absolute atomic E-state index is 0.0360. The summed E-state index contributed by atoms with van der Waals surface area (Å²) in [4.78, 5) is 37.4. The average molecular weight is 521 g/mol. The van der Waals surface area contributed by atoms with E-state index in [2.05, 4.69) is 0 Å². The lowest BCUT2D eigenvalue weighted by molar-refractivity contribution is -0.384. The molecule has 178 valence electrons. The van der Waals surface area contributed by atoms with Gasteiger partial charge in [-0.05, 0) is 59.9 Å². The van der Waals surface area contributed by atoms with Crippen LogP contribution < -0.4 is 4.74 Å². The Balaban J connectivity index is 1.46. The van der Waals surface area contributed by atoms with E-state index in [1.54, 1.807) is 30.3 Å². The molecule has 0 aromatic heterocycles. The number of carbonyl (C=O) groups excluding carboxylic acids is 2. The summed E-state index contributed by atoms with van der Waals surface area (Å²) in [5, 5.41) is 11.1. The summed E-state index contributed by atoms with van der Waals surface area (Å²) in [6.07, 6.45) is 7.19. The van der Waals surface area contributed by atoms with E-state index >= 15 is 0 Å². The lowest BCUT2D eigenvalue weighted by atomic mass is 9.89. The number of amides is 2. The second-order valence-corrected chi connectivity index (χ2v) is 10.1. The van der Waals surface area contributed by atoms with Gasteiger partial charge in [-0.1, -0.05) is 54.6 Å². The van der Waals surface area contributed by atoms with E-state index in [-0.39, 0.29) is 39.2 Å². The zero-order chi connectivity index (χ0) is 24.2. The monoisotopic (exact) mass is 520 g/mol. The second kappa shape index (κ2) is 10.8. The summed E-state index contributed by atoms with van der Waals surface area (Å²) < 4.78 is 5.71. The maximum absolute atomic E-state index is 12.8. The fraction of sp³-hybridized carbons (Fsp3) is 0.333. The number of benzene rings is 2. The van der Waals surface area contributed by atoms with E-state index in [1.807, 2.05) is 0 Å². The molecule has 1 saturated heterocycles. The highest BCUT2D eigenvalue weighted by molar-refractivity contribution is 8.18. The van der Waals surface area contributed by atoms with E-state index < -0.39 is 4.92 Å². The van der Waals surface area contributed by atoms with E-state index in [9.17, 15) is 19.7 Å². The molecule has 0 spiro atoms. The first-order valence-electron chi connectivity index (χ1n) is 10.9. The Bertz CT molecular complexity index is 1140. The van der Waals surface area contributed by atoms with E-state index in [4.69, 9.17) is 27.9 Å². The van der Waals surface area contributed by atoms with Crippen LogP contribution in [0.4, 0.5) is 10.5 Å². The zero-order valence-corrected chi connectivity index (χ0v) is 20.5. The summed E-state index contributed by atoms with van der Waals surface area (Å²) >= 11 is 13.7. The van der Waals surface area contributed by atoms with Crippen molar-refractivity contribution in [2.45, 2.75) is 38.7 Å². The number of carbonyl (C=O) groups is 2. The first-order valence-corrected chi connectivity index (χ1v) is 12.5. The third-order valence-corrected chi connectivity index (χ3v) is 7.33. The van der Waals surface area contributed by atoms with E-state index in [0.29, 0.717) is 28.5 Å². The predicted molar refractivity (Wildman–Crippen MR) is 133 cm³/mol. The van der Waals surface area contributed by atoms with Crippen molar-refractivity contribution in [3.05, 3.63) is 72.6 Å². The third kappa shape index (κ3) is 5.74. The summed E-state index contributed by atoms with van der Waals surface area (Å²) in [7, 11) is 0. The Morgan fingerprint density at radius 3 is 2.50 bits per heavy atom. The van der Waals surface area contributed by atoms with Crippen molar-refractivity contribution in [1.82, 2.24) is 4.90 Å². The first kappa shape index (κ1) is 24.6. The normalized spacial score (nSPS) is 18.1. The molecule has 1 saturated carbocycles. The SMILES string of the molecule is O=C1S/C(=C/c2cc(Cl)c(OCc3cccc([N+](=O)[O-])c3)c(Cl)c2)C(=O)N1CC1CCCCC1. The summed E-state index contributed by atoms with van der Waals surface area (Å²) in [6, 6.07) is 9.29. The number of nitro benzene ring substituents is 1. The number of nitro groups is 1. The molecule has 4 rings (SSSR count). The Hall–Kier alpha value is -2.55. The number of thioether (sulfide) groups is 1. The number of hydrogen-bond acceptors (Lipinski definition) is 6. The van der Waals surface area contributed by atoms with Gasteiger partial charge in [0.2, 0.25) is 0 Å². The largest absolute Gasteiger partial charge is 0.486 e. The number of nitrogens with zero attached hydrogens (tertiary/aromatic N) is 2.